The summed E-state index contributed by atoms with van der Waals surface area (Å²) in [5, 5.41) is 0.588. The molecule has 0 radical (unpaired) electrons. The van der Waals surface area contributed by atoms with Gasteiger partial charge in [0, 0.05) is 18.7 Å². The third-order valence-corrected chi connectivity index (χ3v) is 3.46. The molecule has 0 aromatic heterocycles. The summed E-state index contributed by atoms with van der Waals surface area (Å²) in [6.07, 6.45) is 1.11. The van der Waals surface area contributed by atoms with Gasteiger partial charge in [0.15, 0.2) is 0 Å². The van der Waals surface area contributed by atoms with Gasteiger partial charge in [-0.05, 0) is 24.6 Å². The smallest absolute Gasteiger partial charge is 0.208 e. The van der Waals surface area contributed by atoms with Crippen LogP contribution in [0.25, 0.3) is 0 Å². The number of sulfonamides is 1. The molecule has 0 spiro atoms. The van der Waals surface area contributed by atoms with Gasteiger partial charge in [-0.15, -0.1) is 0 Å². The quantitative estimate of drug-likeness (QED) is 0.892. The second kappa shape index (κ2) is 5.35. The fourth-order valence-electron chi connectivity index (χ4n) is 1.38. The highest BCUT2D eigenvalue weighted by molar-refractivity contribution is 7.88. The first kappa shape index (κ1) is 14.4. The van der Waals surface area contributed by atoms with Gasteiger partial charge >= 0.3 is 0 Å². The van der Waals surface area contributed by atoms with Crippen LogP contribution in [0.5, 0.6) is 0 Å². The largest absolute Gasteiger partial charge is 0.372 e. The fraction of sp³-hybridized carbons (Fsp3) is 0.455. The number of halogens is 1. The summed E-state index contributed by atoms with van der Waals surface area (Å²) < 4.78 is 30.0. The summed E-state index contributed by atoms with van der Waals surface area (Å²) in [5.41, 5.74) is 0.0807. The molecule has 96 valence electrons. The van der Waals surface area contributed by atoms with Crippen LogP contribution in [-0.2, 0) is 20.4 Å². The third kappa shape index (κ3) is 4.27. The fourth-order valence-corrected chi connectivity index (χ4v) is 2.11. The molecule has 4 nitrogen and oxygen atoms in total. The average Bonchev–Trinajstić information content (AvgIpc) is 2.25. The second-order valence-corrected chi connectivity index (χ2v) is 6.31. The normalized spacial score (nSPS) is 15.5. The minimum atomic E-state index is -3.25. The van der Waals surface area contributed by atoms with E-state index in [1.54, 1.807) is 25.1 Å². The topological polar surface area (TPSA) is 55.4 Å². The lowest BCUT2D eigenvalue weighted by molar-refractivity contribution is 0.00702. The number of ether oxygens (including phenoxy) is 1. The molecule has 0 amide bonds. The van der Waals surface area contributed by atoms with Crippen LogP contribution in [0.2, 0.25) is 5.02 Å². The number of benzene rings is 1. The highest BCUT2D eigenvalue weighted by Gasteiger charge is 2.27. The van der Waals surface area contributed by atoms with E-state index in [4.69, 9.17) is 16.3 Å². The molecule has 1 aromatic carbocycles. The van der Waals surface area contributed by atoms with Crippen LogP contribution in [0.3, 0.4) is 0 Å². The molecule has 0 aliphatic carbocycles. The maximum Gasteiger partial charge on any atom is 0.208 e. The molecular formula is C11H16ClNO3S. The number of nitrogens with one attached hydrogen (secondary N) is 1. The molecule has 0 aliphatic heterocycles. The molecule has 6 heteroatoms. The molecule has 0 fully saturated rings. The van der Waals surface area contributed by atoms with Gasteiger partial charge in [-0.1, -0.05) is 23.7 Å². The van der Waals surface area contributed by atoms with Gasteiger partial charge in [-0.25, -0.2) is 13.1 Å². The van der Waals surface area contributed by atoms with Crippen molar-refractivity contribution in [3.63, 3.8) is 0 Å². The molecule has 0 heterocycles. The molecule has 0 aliphatic rings. The van der Waals surface area contributed by atoms with E-state index in [1.807, 2.05) is 6.07 Å². The SMILES string of the molecule is CO[C@](C)(CNS(C)(=O)=O)c1cccc(Cl)c1. The minimum Gasteiger partial charge on any atom is -0.372 e. The second-order valence-electron chi connectivity index (χ2n) is 4.04. The van der Waals surface area contributed by atoms with E-state index in [2.05, 4.69) is 4.72 Å². The zero-order chi connectivity index (χ0) is 13.1. The maximum atomic E-state index is 11.1. The van der Waals surface area contributed by atoms with Crippen molar-refractivity contribution in [2.24, 2.45) is 0 Å². The number of rotatable bonds is 5. The van der Waals surface area contributed by atoms with Crippen molar-refractivity contribution in [2.45, 2.75) is 12.5 Å². The predicted octanol–water partition coefficient (Wildman–Crippen LogP) is 1.75. The summed E-state index contributed by atoms with van der Waals surface area (Å²) in [6, 6.07) is 7.16. The van der Waals surface area contributed by atoms with Gasteiger partial charge < -0.3 is 4.74 Å². The van der Waals surface area contributed by atoms with E-state index in [1.165, 1.54) is 7.11 Å². The van der Waals surface area contributed by atoms with Gasteiger partial charge in [0.2, 0.25) is 10.0 Å². The van der Waals surface area contributed by atoms with Crippen molar-refractivity contribution in [1.29, 1.82) is 0 Å². The Bertz CT molecular complexity index is 489. The summed E-state index contributed by atoms with van der Waals surface area (Å²) >= 11 is 5.90. The predicted molar refractivity (Wildman–Crippen MR) is 68.7 cm³/mol. The Morgan fingerprint density at radius 3 is 2.59 bits per heavy atom. The molecule has 17 heavy (non-hydrogen) atoms. The Kier molecular flexibility index (Phi) is 4.55. The first-order chi connectivity index (χ1) is 7.77. The van der Waals surface area contributed by atoms with Crippen LogP contribution in [0.1, 0.15) is 12.5 Å². The van der Waals surface area contributed by atoms with Crippen molar-refractivity contribution in [1.82, 2.24) is 4.72 Å². The molecule has 1 rings (SSSR count). The number of methoxy groups -OCH3 is 1. The molecule has 1 N–H and O–H groups in total. The molecule has 0 saturated carbocycles. The Labute approximate surface area is 107 Å². The van der Waals surface area contributed by atoms with Crippen molar-refractivity contribution in [3.05, 3.63) is 34.9 Å². The molecule has 0 unspecified atom stereocenters. The van der Waals surface area contributed by atoms with E-state index in [9.17, 15) is 8.42 Å². The highest BCUT2D eigenvalue weighted by atomic mass is 35.5. The minimum absolute atomic E-state index is 0.155. The third-order valence-electron chi connectivity index (χ3n) is 2.56. The Balaban J connectivity index is 2.96. The monoisotopic (exact) mass is 277 g/mol. The Hall–Kier alpha value is -0.620. The van der Waals surface area contributed by atoms with E-state index < -0.39 is 15.6 Å². The number of hydrogen-bond acceptors (Lipinski definition) is 3. The summed E-state index contributed by atoms with van der Waals surface area (Å²) in [7, 11) is -1.72. The lowest BCUT2D eigenvalue weighted by atomic mass is 9.96. The van der Waals surface area contributed by atoms with Crippen LogP contribution in [0.15, 0.2) is 24.3 Å². The van der Waals surface area contributed by atoms with Crippen LogP contribution in [0, 0.1) is 0 Å². The van der Waals surface area contributed by atoms with Crippen LogP contribution in [0.4, 0.5) is 0 Å². The van der Waals surface area contributed by atoms with E-state index >= 15 is 0 Å². The van der Waals surface area contributed by atoms with Gasteiger partial charge in [0.05, 0.1) is 6.26 Å². The standard InChI is InChI=1S/C11H16ClNO3S/c1-11(16-2,8-13-17(3,14)15)9-5-4-6-10(12)7-9/h4-7,13H,8H2,1-3H3/t11-/m1/s1. The van der Waals surface area contributed by atoms with Crippen LogP contribution in [-0.4, -0.2) is 28.3 Å². The van der Waals surface area contributed by atoms with Crippen molar-refractivity contribution < 1.29 is 13.2 Å². The Morgan fingerprint density at radius 2 is 2.12 bits per heavy atom. The van der Waals surface area contributed by atoms with Gasteiger partial charge in [0.25, 0.3) is 0 Å². The zero-order valence-electron chi connectivity index (χ0n) is 10.0. The van der Waals surface area contributed by atoms with E-state index in [0.717, 1.165) is 11.8 Å². The highest BCUT2D eigenvalue weighted by Crippen LogP contribution is 2.26. The molecule has 0 bridgehead atoms. The van der Waals surface area contributed by atoms with E-state index in [0.29, 0.717) is 5.02 Å². The van der Waals surface area contributed by atoms with Gasteiger partial charge in [0.1, 0.15) is 5.60 Å². The van der Waals surface area contributed by atoms with E-state index in [-0.39, 0.29) is 6.54 Å². The molecule has 1 atom stereocenters. The van der Waals surface area contributed by atoms with Crippen molar-refractivity contribution in [2.75, 3.05) is 19.9 Å². The van der Waals surface area contributed by atoms with Crippen molar-refractivity contribution in [3.8, 4) is 0 Å². The van der Waals surface area contributed by atoms with Crippen LogP contribution < -0.4 is 4.72 Å². The lowest BCUT2D eigenvalue weighted by Crippen LogP contribution is -2.39. The van der Waals surface area contributed by atoms with Gasteiger partial charge in [-0.2, -0.15) is 0 Å². The molecule has 1 aromatic rings. The van der Waals surface area contributed by atoms with Crippen LogP contribution >= 0.6 is 11.6 Å². The van der Waals surface area contributed by atoms with Gasteiger partial charge in [-0.3, -0.25) is 0 Å². The Morgan fingerprint density at radius 1 is 1.47 bits per heavy atom. The summed E-state index contributed by atoms with van der Waals surface area (Å²) in [4.78, 5) is 0. The average molecular weight is 278 g/mol. The first-order valence-corrected chi connectivity index (χ1v) is 7.29. The molecular weight excluding hydrogens is 262 g/mol. The lowest BCUT2D eigenvalue weighted by Gasteiger charge is -2.28. The first-order valence-electron chi connectivity index (χ1n) is 5.03. The van der Waals surface area contributed by atoms with Crippen molar-refractivity contribution >= 4 is 21.6 Å². The molecule has 0 saturated heterocycles. The summed E-state index contributed by atoms with van der Waals surface area (Å²) in [5.74, 6) is 0. The maximum absolute atomic E-state index is 11.1. The zero-order valence-corrected chi connectivity index (χ0v) is 11.6. The summed E-state index contributed by atoms with van der Waals surface area (Å²) in [6.45, 7) is 1.96. The number of hydrogen-bond donors (Lipinski definition) is 1.